The van der Waals surface area contributed by atoms with Crippen LogP contribution in [0.5, 0.6) is 0 Å². The lowest BCUT2D eigenvalue weighted by molar-refractivity contribution is -0.823. The lowest BCUT2D eigenvalue weighted by atomic mass is 10.2. The zero-order valence-electron chi connectivity index (χ0n) is 11.2. The predicted molar refractivity (Wildman–Crippen MR) is 62.0 cm³/mol. The third-order valence-electron chi connectivity index (χ3n) is 2.88. The Hall–Kier alpha value is -2.14. The monoisotopic (exact) mass is 288 g/mol. The smallest absolute Gasteiger partial charge is 0.335 e. The number of nitroso groups, excluding NO2 is 1. The lowest BCUT2D eigenvalue weighted by Gasteiger charge is -2.32. The van der Waals surface area contributed by atoms with Crippen LogP contribution >= 0.6 is 0 Å². The van der Waals surface area contributed by atoms with Crippen molar-refractivity contribution in [3.05, 3.63) is 20.7 Å². The summed E-state index contributed by atoms with van der Waals surface area (Å²) < 4.78 is 14.8. The van der Waals surface area contributed by atoms with E-state index in [1.807, 2.05) is 0 Å². The maximum absolute atomic E-state index is 12.1. The van der Waals surface area contributed by atoms with Crippen molar-refractivity contribution in [3.63, 3.8) is 0 Å². The molecular formula is C9H14N5O6+. The van der Waals surface area contributed by atoms with E-state index >= 15 is 0 Å². The highest BCUT2D eigenvalue weighted by molar-refractivity contribution is 5.33. The molecule has 0 saturated carbocycles. The fourth-order valence-electron chi connectivity index (χ4n) is 1.49. The molecule has 1 N–H and O–H groups in total. The van der Waals surface area contributed by atoms with Crippen LogP contribution in [0.3, 0.4) is 0 Å². The highest BCUT2D eigenvalue weighted by atomic mass is 16.7. The Balaban J connectivity index is 2.19. The third kappa shape index (κ3) is 2.44. The molecule has 0 aromatic carbocycles. The molecule has 0 amide bonds. The van der Waals surface area contributed by atoms with Crippen molar-refractivity contribution in [3.8, 4) is 0 Å². The van der Waals surface area contributed by atoms with E-state index in [2.05, 4.69) is 20.4 Å². The van der Waals surface area contributed by atoms with Crippen LogP contribution in [0.25, 0.3) is 0 Å². The molecule has 2 heterocycles. The van der Waals surface area contributed by atoms with Gasteiger partial charge in [0.25, 0.3) is 5.82 Å². The Morgan fingerprint density at radius 2 is 1.85 bits per heavy atom. The van der Waals surface area contributed by atoms with Gasteiger partial charge in [-0.25, -0.2) is 4.63 Å². The molecule has 1 aromatic heterocycles. The predicted octanol–water partition coefficient (Wildman–Crippen LogP) is 0.240. The Kier molecular flexibility index (Phi) is 3.39. The van der Waals surface area contributed by atoms with Gasteiger partial charge in [0, 0.05) is 0 Å². The van der Waals surface area contributed by atoms with Gasteiger partial charge in [0.15, 0.2) is 19.0 Å². The van der Waals surface area contributed by atoms with Crippen molar-refractivity contribution in [2.45, 2.75) is 32.2 Å². The fraction of sp³-hybridized carbons (Fsp3) is 0.778. The van der Waals surface area contributed by atoms with Crippen LogP contribution in [0, 0.1) is 21.9 Å². The van der Waals surface area contributed by atoms with Gasteiger partial charge in [-0.15, -0.1) is 0 Å². The Morgan fingerprint density at radius 3 is 2.30 bits per heavy atom. The van der Waals surface area contributed by atoms with Gasteiger partial charge in [0.1, 0.15) is 10.6 Å². The molecule has 0 radical (unpaired) electrons. The van der Waals surface area contributed by atoms with Gasteiger partial charge < -0.3 is 9.47 Å². The second-order valence-electron chi connectivity index (χ2n) is 4.82. The maximum atomic E-state index is 12.1. The zero-order chi connectivity index (χ0) is 15.0. The summed E-state index contributed by atoms with van der Waals surface area (Å²) in [6.45, 7) is 3.86. The van der Waals surface area contributed by atoms with Crippen molar-refractivity contribution in [2.75, 3.05) is 18.6 Å². The number of nitro groups is 1. The third-order valence-corrected chi connectivity index (χ3v) is 2.88. The van der Waals surface area contributed by atoms with E-state index in [9.17, 15) is 15.0 Å². The van der Waals surface area contributed by atoms with Crippen LogP contribution < -0.4 is 5.43 Å². The largest absolute Gasteiger partial charge is 0.522 e. The standard InChI is InChI=1S/C9H14N5O6/c1-6-7(12-20-11-6)10-13(15)9(14(16)17)4-18-8(2,3)19-5-9/h4-5H2,1-3H3,(H,10,12,15)/q+1. The molecule has 1 saturated heterocycles. The van der Waals surface area contributed by atoms with Crippen LogP contribution in [0.15, 0.2) is 4.63 Å². The lowest BCUT2D eigenvalue weighted by Crippen LogP contribution is -2.62. The van der Waals surface area contributed by atoms with Gasteiger partial charge in [0.05, 0.1) is 4.91 Å². The summed E-state index contributed by atoms with van der Waals surface area (Å²) in [6, 6.07) is 0. The summed E-state index contributed by atoms with van der Waals surface area (Å²) >= 11 is 0. The molecule has 0 aliphatic carbocycles. The number of aryl methyl sites for hydroxylation is 1. The first-order chi connectivity index (χ1) is 9.27. The number of hydrogen-bond acceptors (Lipinski definition) is 8. The quantitative estimate of drug-likeness (QED) is 0.358. The van der Waals surface area contributed by atoms with Crippen molar-refractivity contribution in [1.82, 2.24) is 10.3 Å². The SMILES string of the molecule is Cc1nonc1N[N+](=O)C1([N+](=O)[O-])COC(C)(C)OC1. The van der Waals surface area contributed by atoms with Gasteiger partial charge in [0.2, 0.25) is 4.87 Å². The number of rotatable bonds is 4. The topological polar surface area (TPSA) is 133 Å². The van der Waals surface area contributed by atoms with Crippen molar-refractivity contribution < 1.29 is 23.9 Å². The average molecular weight is 288 g/mol. The molecule has 0 bridgehead atoms. The zero-order valence-corrected chi connectivity index (χ0v) is 11.2. The van der Waals surface area contributed by atoms with E-state index in [0.29, 0.717) is 5.69 Å². The first-order valence-electron chi connectivity index (χ1n) is 5.72. The van der Waals surface area contributed by atoms with E-state index in [4.69, 9.17) is 9.47 Å². The van der Waals surface area contributed by atoms with Gasteiger partial charge in [-0.1, -0.05) is 10.6 Å². The molecule has 0 unspecified atom stereocenters. The summed E-state index contributed by atoms with van der Waals surface area (Å²) in [5.41, 5.74) is 0.402. The molecule has 1 fully saturated rings. The highest BCUT2D eigenvalue weighted by Gasteiger charge is 2.65. The van der Waals surface area contributed by atoms with Crippen LogP contribution in [-0.4, -0.2) is 44.8 Å². The van der Waals surface area contributed by atoms with Gasteiger partial charge >= 0.3 is 5.66 Å². The minimum atomic E-state index is -2.11. The first kappa shape index (κ1) is 14.3. The van der Waals surface area contributed by atoms with Gasteiger partial charge in [-0.05, 0) is 25.9 Å². The number of nitrogens with zero attached hydrogens (tertiary/aromatic N) is 4. The molecule has 11 heteroatoms. The summed E-state index contributed by atoms with van der Waals surface area (Å²) in [4.78, 5) is 22.6. The minimum absolute atomic E-state index is 0.00828. The van der Waals surface area contributed by atoms with Crippen LogP contribution in [0.2, 0.25) is 0 Å². The number of aromatic nitrogens is 2. The summed E-state index contributed by atoms with van der Waals surface area (Å²) in [5.74, 6) is -0.989. The summed E-state index contributed by atoms with van der Waals surface area (Å²) in [6.07, 6.45) is 0. The van der Waals surface area contributed by atoms with Crippen LogP contribution in [0.4, 0.5) is 5.82 Å². The average Bonchev–Trinajstić information content (AvgIpc) is 2.75. The molecule has 0 spiro atoms. The molecule has 1 aromatic rings. The normalized spacial score (nSPS) is 20.4. The number of ether oxygens (including phenoxy) is 2. The van der Waals surface area contributed by atoms with Gasteiger partial charge in [-0.3, -0.25) is 10.1 Å². The van der Waals surface area contributed by atoms with E-state index in [1.54, 1.807) is 13.8 Å². The second-order valence-corrected chi connectivity index (χ2v) is 4.82. The van der Waals surface area contributed by atoms with E-state index in [-0.39, 0.29) is 10.7 Å². The van der Waals surface area contributed by atoms with Gasteiger partial charge in [-0.2, -0.15) is 0 Å². The Bertz CT molecular complexity index is 531. The molecule has 0 atom stereocenters. The minimum Gasteiger partial charge on any atom is -0.335 e. The summed E-state index contributed by atoms with van der Waals surface area (Å²) in [5, 5.41) is 18.1. The molecule has 11 nitrogen and oxygen atoms in total. The Morgan fingerprint density at radius 1 is 1.25 bits per heavy atom. The number of hydrazine groups is 1. The first-order valence-corrected chi connectivity index (χ1v) is 5.72. The van der Waals surface area contributed by atoms with E-state index < -0.39 is 29.6 Å². The number of nitrogens with one attached hydrogen (secondary N) is 1. The van der Waals surface area contributed by atoms with Crippen molar-refractivity contribution >= 4 is 5.82 Å². The second kappa shape index (κ2) is 4.76. The summed E-state index contributed by atoms with van der Waals surface area (Å²) in [7, 11) is 0. The Labute approximate surface area is 112 Å². The van der Waals surface area contributed by atoms with E-state index in [1.165, 1.54) is 6.92 Å². The molecule has 110 valence electrons. The molecular weight excluding hydrogens is 274 g/mol. The maximum Gasteiger partial charge on any atom is 0.522 e. The molecule has 1 aliphatic heterocycles. The van der Waals surface area contributed by atoms with Crippen molar-refractivity contribution in [2.24, 2.45) is 0 Å². The molecule has 20 heavy (non-hydrogen) atoms. The number of hydrogen-bond donors (Lipinski definition) is 1. The van der Waals surface area contributed by atoms with Crippen LogP contribution in [-0.2, 0) is 9.47 Å². The van der Waals surface area contributed by atoms with E-state index in [0.717, 1.165) is 0 Å². The highest BCUT2D eigenvalue weighted by Crippen LogP contribution is 2.26. The molecule has 2 rings (SSSR count). The van der Waals surface area contributed by atoms with Crippen molar-refractivity contribution in [1.29, 1.82) is 0 Å². The fourth-order valence-corrected chi connectivity index (χ4v) is 1.49. The van der Waals surface area contributed by atoms with Crippen LogP contribution in [0.1, 0.15) is 19.5 Å². The molecule has 1 aliphatic rings. The number of anilines is 1.